The number of halogens is 1. The van der Waals surface area contributed by atoms with Crippen LogP contribution in [0.3, 0.4) is 0 Å². The van der Waals surface area contributed by atoms with Gasteiger partial charge in [0.05, 0.1) is 23.3 Å². The van der Waals surface area contributed by atoms with E-state index in [-0.39, 0.29) is 23.6 Å². The smallest absolute Gasteiger partial charge is 0.274 e. The molecule has 4 aromatic rings. The molecular formula is C20H17FN4O. The van der Waals surface area contributed by atoms with Crippen molar-refractivity contribution in [1.82, 2.24) is 14.1 Å². The summed E-state index contributed by atoms with van der Waals surface area (Å²) < 4.78 is 17.2. The van der Waals surface area contributed by atoms with Crippen LogP contribution in [0.2, 0.25) is 0 Å². The van der Waals surface area contributed by atoms with Crippen molar-refractivity contribution in [2.24, 2.45) is 0 Å². The van der Waals surface area contributed by atoms with Crippen molar-refractivity contribution in [3.05, 3.63) is 94.4 Å². The topological polar surface area (TPSA) is 65.8 Å². The van der Waals surface area contributed by atoms with Crippen LogP contribution in [0.1, 0.15) is 11.4 Å². The van der Waals surface area contributed by atoms with Crippen molar-refractivity contribution in [2.45, 2.75) is 13.1 Å². The Kier molecular flexibility index (Phi) is 4.01. The fourth-order valence-electron chi connectivity index (χ4n) is 3.04. The van der Waals surface area contributed by atoms with E-state index < -0.39 is 0 Å². The molecule has 2 aromatic heterocycles. The Hall–Kier alpha value is -3.41. The number of aromatic nitrogens is 3. The molecule has 0 amide bonds. The molecule has 5 nitrogen and oxygen atoms in total. The van der Waals surface area contributed by atoms with Crippen molar-refractivity contribution in [2.75, 3.05) is 5.73 Å². The minimum atomic E-state index is -0.320. The summed E-state index contributed by atoms with van der Waals surface area (Å²) in [4.78, 5) is 16.9. The number of nitrogen functional groups attached to an aromatic ring is 1. The fourth-order valence-corrected chi connectivity index (χ4v) is 3.04. The summed E-state index contributed by atoms with van der Waals surface area (Å²) in [5, 5.41) is 0. The van der Waals surface area contributed by atoms with Gasteiger partial charge in [0.2, 0.25) is 0 Å². The highest BCUT2D eigenvalue weighted by Crippen LogP contribution is 2.20. The third-order valence-electron chi connectivity index (χ3n) is 4.33. The van der Waals surface area contributed by atoms with Gasteiger partial charge in [0, 0.05) is 12.7 Å². The minimum Gasteiger partial charge on any atom is -0.394 e. The van der Waals surface area contributed by atoms with E-state index in [4.69, 9.17) is 5.73 Å². The summed E-state index contributed by atoms with van der Waals surface area (Å²) in [5.74, 6) is 0.349. The summed E-state index contributed by atoms with van der Waals surface area (Å²) in [6.45, 7) is 0.792. The first kappa shape index (κ1) is 16.1. The molecule has 0 atom stereocenters. The van der Waals surface area contributed by atoms with Crippen molar-refractivity contribution >= 4 is 16.7 Å². The molecule has 2 N–H and O–H groups in total. The van der Waals surface area contributed by atoms with Crippen LogP contribution in [0.25, 0.3) is 11.0 Å². The standard InChI is InChI=1S/C20H17FN4O/c21-15-8-9-17-18(11-15)25(12-14-5-2-1-3-6-14)19(23-17)13-24-10-4-7-16(22)20(24)26/h1-11H,12-13,22H2. The largest absolute Gasteiger partial charge is 0.394 e. The fraction of sp³-hybridized carbons (Fsp3) is 0.100. The molecule has 2 aromatic carbocycles. The first-order valence-electron chi connectivity index (χ1n) is 8.25. The van der Waals surface area contributed by atoms with Crippen molar-refractivity contribution in [1.29, 1.82) is 0 Å². The van der Waals surface area contributed by atoms with E-state index in [0.717, 1.165) is 5.56 Å². The van der Waals surface area contributed by atoms with E-state index in [1.807, 2.05) is 34.9 Å². The Morgan fingerprint density at radius 2 is 1.81 bits per heavy atom. The number of imidazole rings is 1. The number of anilines is 1. The van der Waals surface area contributed by atoms with Crippen LogP contribution >= 0.6 is 0 Å². The zero-order valence-electron chi connectivity index (χ0n) is 14.0. The van der Waals surface area contributed by atoms with Gasteiger partial charge >= 0.3 is 0 Å². The van der Waals surface area contributed by atoms with Crippen LogP contribution in [0.5, 0.6) is 0 Å². The van der Waals surface area contributed by atoms with Crippen LogP contribution in [0.15, 0.2) is 71.7 Å². The molecule has 0 aliphatic carbocycles. The molecule has 0 saturated carbocycles. The molecule has 130 valence electrons. The molecule has 0 unspecified atom stereocenters. The molecule has 0 fully saturated rings. The van der Waals surface area contributed by atoms with Gasteiger partial charge in [-0.1, -0.05) is 30.3 Å². The van der Waals surface area contributed by atoms with E-state index in [2.05, 4.69) is 4.98 Å². The molecule has 0 bridgehead atoms. The number of fused-ring (bicyclic) bond motifs is 1. The number of nitrogens with two attached hydrogens (primary N) is 1. The summed E-state index contributed by atoms with van der Waals surface area (Å²) in [6.07, 6.45) is 1.67. The minimum absolute atomic E-state index is 0.185. The molecule has 0 aliphatic rings. The normalized spacial score (nSPS) is 11.1. The van der Waals surface area contributed by atoms with Crippen molar-refractivity contribution in [3.63, 3.8) is 0 Å². The average Bonchev–Trinajstić information content (AvgIpc) is 2.97. The van der Waals surface area contributed by atoms with Gasteiger partial charge in [-0.25, -0.2) is 9.37 Å². The lowest BCUT2D eigenvalue weighted by atomic mass is 10.2. The van der Waals surface area contributed by atoms with Gasteiger partial charge in [-0.15, -0.1) is 0 Å². The highest BCUT2D eigenvalue weighted by Gasteiger charge is 2.13. The van der Waals surface area contributed by atoms with Crippen LogP contribution in [0, 0.1) is 5.82 Å². The Morgan fingerprint density at radius 3 is 2.62 bits per heavy atom. The highest BCUT2D eigenvalue weighted by atomic mass is 19.1. The predicted molar refractivity (Wildman–Crippen MR) is 99.5 cm³/mol. The number of rotatable bonds is 4. The number of hydrogen-bond donors (Lipinski definition) is 1. The number of hydrogen-bond acceptors (Lipinski definition) is 3. The number of benzene rings is 2. The Morgan fingerprint density at radius 1 is 1.00 bits per heavy atom. The third-order valence-corrected chi connectivity index (χ3v) is 4.33. The van der Waals surface area contributed by atoms with Crippen LogP contribution in [0.4, 0.5) is 10.1 Å². The second-order valence-corrected chi connectivity index (χ2v) is 6.13. The lowest BCUT2D eigenvalue weighted by Gasteiger charge is -2.11. The first-order chi connectivity index (χ1) is 12.6. The van der Waals surface area contributed by atoms with E-state index in [0.29, 0.717) is 23.4 Å². The van der Waals surface area contributed by atoms with Gasteiger partial charge < -0.3 is 14.9 Å². The molecule has 0 aliphatic heterocycles. The molecule has 2 heterocycles. The SMILES string of the molecule is Nc1cccn(Cc2nc3ccc(F)cc3n2Cc2ccccc2)c1=O. The lowest BCUT2D eigenvalue weighted by Crippen LogP contribution is -2.24. The van der Waals surface area contributed by atoms with Gasteiger partial charge in [0.15, 0.2) is 0 Å². The lowest BCUT2D eigenvalue weighted by molar-refractivity contribution is 0.627. The summed E-state index contributed by atoms with van der Waals surface area (Å²) in [6, 6.07) is 17.7. The molecule has 0 spiro atoms. The maximum Gasteiger partial charge on any atom is 0.274 e. The average molecular weight is 348 g/mol. The molecular weight excluding hydrogens is 331 g/mol. The Bertz CT molecular complexity index is 1130. The summed E-state index contributed by atoms with van der Waals surface area (Å²) in [7, 11) is 0. The second-order valence-electron chi connectivity index (χ2n) is 6.13. The Labute approximate surface area is 149 Å². The van der Waals surface area contributed by atoms with Crippen LogP contribution in [-0.2, 0) is 13.1 Å². The van der Waals surface area contributed by atoms with Gasteiger partial charge in [0.25, 0.3) is 5.56 Å². The van der Waals surface area contributed by atoms with Gasteiger partial charge in [-0.3, -0.25) is 4.79 Å². The van der Waals surface area contributed by atoms with E-state index in [9.17, 15) is 9.18 Å². The van der Waals surface area contributed by atoms with Crippen molar-refractivity contribution < 1.29 is 4.39 Å². The second kappa shape index (κ2) is 6.48. The highest BCUT2D eigenvalue weighted by molar-refractivity contribution is 5.76. The molecule has 26 heavy (non-hydrogen) atoms. The van der Waals surface area contributed by atoms with Crippen LogP contribution < -0.4 is 11.3 Å². The van der Waals surface area contributed by atoms with E-state index >= 15 is 0 Å². The first-order valence-corrected chi connectivity index (χ1v) is 8.25. The number of nitrogens with zero attached hydrogens (tertiary/aromatic N) is 3. The van der Waals surface area contributed by atoms with Gasteiger partial charge in [-0.2, -0.15) is 0 Å². The Balaban J connectivity index is 1.84. The van der Waals surface area contributed by atoms with E-state index in [1.54, 1.807) is 24.4 Å². The predicted octanol–water partition coefficient (Wildman–Crippen LogP) is 3.02. The maximum atomic E-state index is 13.8. The van der Waals surface area contributed by atoms with E-state index in [1.165, 1.54) is 16.7 Å². The zero-order chi connectivity index (χ0) is 18.1. The number of pyridine rings is 1. The monoisotopic (exact) mass is 348 g/mol. The summed E-state index contributed by atoms with van der Waals surface area (Å²) >= 11 is 0. The third kappa shape index (κ3) is 2.97. The molecule has 6 heteroatoms. The summed E-state index contributed by atoms with van der Waals surface area (Å²) in [5.41, 5.74) is 8.09. The molecule has 0 saturated heterocycles. The van der Waals surface area contributed by atoms with Gasteiger partial charge in [-0.05, 0) is 35.9 Å². The molecule has 0 radical (unpaired) electrons. The molecule has 4 rings (SSSR count). The maximum absolute atomic E-state index is 13.8. The zero-order valence-corrected chi connectivity index (χ0v) is 14.0. The van der Waals surface area contributed by atoms with Crippen molar-refractivity contribution in [3.8, 4) is 0 Å². The van der Waals surface area contributed by atoms with Crippen LogP contribution in [-0.4, -0.2) is 14.1 Å². The quantitative estimate of drug-likeness (QED) is 0.616. The van der Waals surface area contributed by atoms with Gasteiger partial charge in [0.1, 0.15) is 11.6 Å².